The summed E-state index contributed by atoms with van der Waals surface area (Å²) in [7, 11) is 0. The molecule has 2 aliphatic heterocycles. The Bertz CT molecular complexity index is 254. The van der Waals surface area contributed by atoms with Crippen molar-refractivity contribution in [3.05, 3.63) is 0 Å². The zero-order valence-electron chi connectivity index (χ0n) is 9.71. The molecule has 0 saturated carbocycles. The summed E-state index contributed by atoms with van der Waals surface area (Å²) in [6.45, 7) is 1.82. The van der Waals surface area contributed by atoms with Gasteiger partial charge in [-0.15, -0.1) is 0 Å². The topological polar surface area (TPSA) is 35.5 Å². The number of likely N-dealkylation sites (tertiary alicyclic amines) is 1. The van der Waals surface area contributed by atoms with Gasteiger partial charge in [-0.05, 0) is 25.9 Å². The van der Waals surface area contributed by atoms with Gasteiger partial charge in [0.25, 0.3) is 0 Å². The molecule has 2 saturated heterocycles. The number of hydrogen-bond donors (Lipinski definition) is 2. The summed E-state index contributed by atoms with van der Waals surface area (Å²) in [6, 6.07) is 0.248. The van der Waals surface area contributed by atoms with E-state index in [-0.39, 0.29) is 19.2 Å². The second-order valence-corrected chi connectivity index (χ2v) is 5.03. The Balaban J connectivity index is 1.98. The highest BCUT2D eigenvalue weighted by Crippen LogP contribution is 2.38. The smallest absolute Gasteiger partial charge is 0.393 e. The third kappa shape index (κ3) is 2.92. The second kappa shape index (κ2) is 5.12. The SMILES string of the molecule is OC[C@@H]1CN(C2CCNCC2)C[C@H]1C(F)(F)F. The summed E-state index contributed by atoms with van der Waals surface area (Å²) in [6.07, 6.45) is -2.37. The van der Waals surface area contributed by atoms with Gasteiger partial charge in [-0.1, -0.05) is 0 Å². The average Bonchev–Trinajstić information content (AvgIpc) is 2.74. The number of hydrogen-bond acceptors (Lipinski definition) is 3. The Kier molecular flexibility index (Phi) is 3.95. The first kappa shape index (κ1) is 13.1. The summed E-state index contributed by atoms with van der Waals surface area (Å²) < 4.78 is 38.4. The molecule has 2 atom stereocenters. The molecule has 0 bridgehead atoms. The van der Waals surface area contributed by atoms with E-state index in [4.69, 9.17) is 5.11 Å². The zero-order chi connectivity index (χ0) is 12.5. The van der Waals surface area contributed by atoms with E-state index in [1.54, 1.807) is 0 Å². The van der Waals surface area contributed by atoms with Crippen LogP contribution >= 0.6 is 0 Å². The molecule has 3 nitrogen and oxygen atoms in total. The maximum Gasteiger partial charge on any atom is 0.393 e. The summed E-state index contributed by atoms with van der Waals surface area (Å²) in [5, 5.41) is 12.3. The van der Waals surface area contributed by atoms with Gasteiger partial charge in [-0.3, -0.25) is 4.90 Å². The fourth-order valence-electron chi connectivity index (χ4n) is 2.93. The first-order valence-corrected chi connectivity index (χ1v) is 6.14. The summed E-state index contributed by atoms with van der Waals surface area (Å²) in [5.41, 5.74) is 0. The van der Waals surface area contributed by atoms with Crippen LogP contribution in [0.3, 0.4) is 0 Å². The summed E-state index contributed by atoms with van der Waals surface area (Å²) in [5.74, 6) is -2.01. The van der Waals surface area contributed by atoms with Gasteiger partial charge in [-0.2, -0.15) is 13.2 Å². The molecule has 2 rings (SSSR count). The molecule has 2 aliphatic rings. The molecule has 2 heterocycles. The Labute approximate surface area is 99.0 Å². The Morgan fingerprint density at radius 3 is 2.29 bits per heavy atom. The monoisotopic (exact) mass is 252 g/mol. The first-order valence-electron chi connectivity index (χ1n) is 6.14. The minimum atomic E-state index is -4.19. The number of alkyl halides is 3. The summed E-state index contributed by atoms with van der Waals surface area (Å²) in [4.78, 5) is 1.92. The second-order valence-electron chi connectivity index (χ2n) is 5.03. The van der Waals surface area contributed by atoms with Crippen molar-refractivity contribution in [2.45, 2.75) is 25.1 Å². The van der Waals surface area contributed by atoms with E-state index in [2.05, 4.69) is 5.32 Å². The van der Waals surface area contributed by atoms with Crippen LogP contribution in [0.5, 0.6) is 0 Å². The Morgan fingerprint density at radius 1 is 1.18 bits per heavy atom. The molecule has 0 unspecified atom stereocenters. The van der Waals surface area contributed by atoms with Crippen LogP contribution in [0.25, 0.3) is 0 Å². The van der Waals surface area contributed by atoms with Crippen LogP contribution in [-0.2, 0) is 0 Å². The van der Waals surface area contributed by atoms with Crippen molar-refractivity contribution in [1.82, 2.24) is 10.2 Å². The van der Waals surface area contributed by atoms with Crippen LogP contribution in [-0.4, -0.2) is 55.0 Å². The van der Waals surface area contributed by atoms with Gasteiger partial charge in [0, 0.05) is 31.7 Å². The molecule has 0 aromatic heterocycles. The van der Waals surface area contributed by atoms with Gasteiger partial charge in [0.15, 0.2) is 0 Å². The molecule has 0 aromatic carbocycles. The maximum atomic E-state index is 12.8. The van der Waals surface area contributed by atoms with E-state index in [0.717, 1.165) is 25.9 Å². The van der Waals surface area contributed by atoms with Crippen LogP contribution in [0, 0.1) is 11.8 Å². The van der Waals surface area contributed by atoms with Crippen molar-refractivity contribution < 1.29 is 18.3 Å². The minimum Gasteiger partial charge on any atom is -0.396 e. The van der Waals surface area contributed by atoms with E-state index >= 15 is 0 Å². The van der Waals surface area contributed by atoms with E-state index < -0.39 is 18.0 Å². The van der Waals surface area contributed by atoms with Gasteiger partial charge in [0.05, 0.1) is 5.92 Å². The van der Waals surface area contributed by atoms with Gasteiger partial charge >= 0.3 is 6.18 Å². The lowest BCUT2D eigenvalue weighted by Crippen LogP contribution is -2.42. The normalized spacial score (nSPS) is 33.2. The van der Waals surface area contributed by atoms with E-state index in [1.807, 2.05) is 4.90 Å². The lowest BCUT2D eigenvalue weighted by atomic mass is 9.97. The summed E-state index contributed by atoms with van der Waals surface area (Å²) >= 11 is 0. The molecule has 2 fully saturated rings. The van der Waals surface area contributed by atoms with Crippen LogP contribution in [0.15, 0.2) is 0 Å². The van der Waals surface area contributed by atoms with Crippen LogP contribution < -0.4 is 5.32 Å². The molecule has 0 aromatic rings. The number of nitrogens with zero attached hydrogens (tertiary/aromatic N) is 1. The van der Waals surface area contributed by atoms with Crippen LogP contribution in [0.1, 0.15) is 12.8 Å². The quantitative estimate of drug-likeness (QED) is 0.764. The molecular weight excluding hydrogens is 233 g/mol. The molecule has 0 radical (unpaired) electrons. The number of nitrogens with one attached hydrogen (secondary N) is 1. The predicted molar refractivity (Wildman–Crippen MR) is 57.6 cm³/mol. The highest BCUT2D eigenvalue weighted by Gasteiger charge is 2.50. The van der Waals surface area contributed by atoms with Crippen LogP contribution in [0.4, 0.5) is 13.2 Å². The van der Waals surface area contributed by atoms with E-state index in [9.17, 15) is 13.2 Å². The number of rotatable bonds is 2. The van der Waals surface area contributed by atoms with Gasteiger partial charge in [0.1, 0.15) is 0 Å². The van der Waals surface area contributed by atoms with E-state index in [0.29, 0.717) is 6.54 Å². The fourth-order valence-corrected chi connectivity index (χ4v) is 2.93. The standard InChI is InChI=1S/C11H19F3N2O/c12-11(13,14)10-6-16(5-8(10)7-17)9-1-3-15-4-2-9/h8-10,15,17H,1-7H2/t8-,10+/m0/s1. The van der Waals surface area contributed by atoms with Crippen molar-refractivity contribution in [3.8, 4) is 0 Å². The Hall–Kier alpha value is -0.330. The Morgan fingerprint density at radius 2 is 1.82 bits per heavy atom. The van der Waals surface area contributed by atoms with Crippen LogP contribution in [0.2, 0.25) is 0 Å². The number of aliphatic hydroxyl groups excluding tert-OH is 1. The maximum absolute atomic E-state index is 12.8. The predicted octanol–water partition coefficient (Wildman–Crippen LogP) is 0.841. The molecule has 0 spiro atoms. The van der Waals surface area contributed by atoms with Crippen molar-refractivity contribution in [2.24, 2.45) is 11.8 Å². The highest BCUT2D eigenvalue weighted by atomic mass is 19.4. The number of piperidine rings is 1. The van der Waals surface area contributed by atoms with Gasteiger partial charge in [0.2, 0.25) is 0 Å². The highest BCUT2D eigenvalue weighted by molar-refractivity contribution is 4.92. The lowest BCUT2D eigenvalue weighted by molar-refractivity contribution is -0.183. The number of aliphatic hydroxyl groups is 1. The molecule has 0 amide bonds. The van der Waals surface area contributed by atoms with Gasteiger partial charge in [-0.25, -0.2) is 0 Å². The molecule has 100 valence electrons. The van der Waals surface area contributed by atoms with Crippen molar-refractivity contribution in [1.29, 1.82) is 0 Å². The van der Waals surface area contributed by atoms with Gasteiger partial charge < -0.3 is 10.4 Å². The van der Waals surface area contributed by atoms with Crippen molar-refractivity contribution in [3.63, 3.8) is 0 Å². The lowest BCUT2D eigenvalue weighted by Gasteiger charge is -2.31. The molecular formula is C11H19F3N2O. The van der Waals surface area contributed by atoms with Crippen molar-refractivity contribution >= 4 is 0 Å². The first-order chi connectivity index (χ1) is 8.02. The molecule has 2 N–H and O–H groups in total. The third-order valence-corrected chi connectivity index (χ3v) is 3.95. The fraction of sp³-hybridized carbons (Fsp3) is 1.00. The van der Waals surface area contributed by atoms with E-state index in [1.165, 1.54) is 0 Å². The zero-order valence-corrected chi connectivity index (χ0v) is 9.71. The third-order valence-electron chi connectivity index (χ3n) is 3.95. The molecule has 6 heteroatoms. The van der Waals surface area contributed by atoms with Crippen molar-refractivity contribution in [2.75, 3.05) is 32.8 Å². The minimum absolute atomic E-state index is 0.0550. The average molecular weight is 252 g/mol. The largest absolute Gasteiger partial charge is 0.396 e. The molecule has 17 heavy (non-hydrogen) atoms. The molecule has 0 aliphatic carbocycles. The number of halogens is 3.